The highest BCUT2D eigenvalue weighted by molar-refractivity contribution is 5.17. The molecule has 1 atom stereocenters. The Morgan fingerprint density at radius 2 is 2.15 bits per heavy atom. The number of allylic oxidation sites excluding steroid dienone is 1. The number of nitrogens with zero attached hydrogens (tertiary/aromatic N) is 1. The lowest BCUT2D eigenvalue weighted by Crippen LogP contribution is -2.18. The molecule has 1 heterocycles. The Balaban J connectivity index is 2.57. The molecule has 0 aliphatic rings. The van der Waals surface area contributed by atoms with Crippen molar-refractivity contribution >= 4 is 0 Å². The van der Waals surface area contributed by atoms with Gasteiger partial charge in [-0.25, -0.2) is 0 Å². The van der Waals surface area contributed by atoms with Crippen molar-refractivity contribution in [3.05, 3.63) is 54.5 Å². The lowest BCUT2D eigenvalue weighted by atomic mass is 10.1. The van der Waals surface area contributed by atoms with Crippen LogP contribution in [-0.4, -0.2) is 11.2 Å². The second-order valence-electron chi connectivity index (χ2n) is 4.67. The molecule has 0 bridgehead atoms. The molecule has 0 spiro atoms. The van der Waals surface area contributed by atoms with Gasteiger partial charge in [-0.2, -0.15) is 13.2 Å². The van der Waals surface area contributed by atoms with E-state index in [4.69, 9.17) is 0 Å². The molecule has 1 N–H and O–H groups in total. The van der Waals surface area contributed by atoms with Gasteiger partial charge in [-0.15, -0.1) is 6.58 Å². The predicted molar refractivity (Wildman–Crippen MR) is 74.1 cm³/mol. The van der Waals surface area contributed by atoms with Gasteiger partial charge in [0.1, 0.15) is 0 Å². The third-order valence-corrected chi connectivity index (χ3v) is 2.80. The summed E-state index contributed by atoms with van der Waals surface area (Å²) in [7, 11) is 0. The van der Waals surface area contributed by atoms with Crippen LogP contribution < -0.4 is 5.32 Å². The van der Waals surface area contributed by atoms with E-state index >= 15 is 0 Å². The molecular formula is C15H19F3N2. The van der Waals surface area contributed by atoms with E-state index in [1.54, 1.807) is 18.2 Å². The summed E-state index contributed by atoms with van der Waals surface area (Å²) in [6, 6.07) is 3.38. The third-order valence-electron chi connectivity index (χ3n) is 2.80. The van der Waals surface area contributed by atoms with Crippen LogP contribution in [0, 0.1) is 0 Å². The number of aryl methyl sites for hydroxylation is 1. The van der Waals surface area contributed by atoms with E-state index in [2.05, 4.69) is 23.5 Å². The van der Waals surface area contributed by atoms with Gasteiger partial charge < -0.3 is 5.32 Å². The van der Waals surface area contributed by atoms with Crippen LogP contribution >= 0.6 is 0 Å². The SMILES string of the molecule is C=CCC(=C)NC(C)c1ccc(CCC(F)(F)F)cn1. The first-order valence-electron chi connectivity index (χ1n) is 6.38. The summed E-state index contributed by atoms with van der Waals surface area (Å²) in [6.07, 6.45) is -1.09. The van der Waals surface area contributed by atoms with Gasteiger partial charge in [0.05, 0.1) is 11.7 Å². The molecule has 1 aromatic heterocycles. The van der Waals surface area contributed by atoms with Crippen molar-refractivity contribution in [1.29, 1.82) is 0 Å². The van der Waals surface area contributed by atoms with E-state index in [-0.39, 0.29) is 12.5 Å². The number of aromatic nitrogens is 1. The van der Waals surface area contributed by atoms with Crippen LogP contribution in [0.5, 0.6) is 0 Å². The van der Waals surface area contributed by atoms with E-state index in [9.17, 15) is 13.2 Å². The largest absolute Gasteiger partial charge is 0.389 e. The van der Waals surface area contributed by atoms with E-state index in [0.29, 0.717) is 12.0 Å². The van der Waals surface area contributed by atoms with Crippen molar-refractivity contribution in [2.24, 2.45) is 0 Å². The zero-order chi connectivity index (χ0) is 15.2. The predicted octanol–water partition coefficient (Wildman–Crippen LogP) is 4.32. The fourth-order valence-electron chi connectivity index (χ4n) is 1.74. The fraction of sp³-hybridized carbons (Fsp3) is 0.400. The Morgan fingerprint density at radius 3 is 2.65 bits per heavy atom. The van der Waals surface area contributed by atoms with Crippen LogP contribution in [-0.2, 0) is 6.42 Å². The van der Waals surface area contributed by atoms with Crippen molar-refractivity contribution < 1.29 is 13.2 Å². The molecule has 0 saturated heterocycles. The summed E-state index contributed by atoms with van der Waals surface area (Å²) < 4.78 is 36.3. The van der Waals surface area contributed by atoms with Crippen molar-refractivity contribution in [1.82, 2.24) is 10.3 Å². The van der Waals surface area contributed by atoms with Crippen molar-refractivity contribution in [3.63, 3.8) is 0 Å². The molecule has 0 aliphatic carbocycles. The zero-order valence-corrected chi connectivity index (χ0v) is 11.5. The number of halogens is 3. The summed E-state index contributed by atoms with van der Waals surface area (Å²) in [5.41, 5.74) is 2.18. The molecular weight excluding hydrogens is 265 g/mol. The van der Waals surface area contributed by atoms with Gasteiger partial charge in [-0.1, -0.05) is 18.7 Å². The fourth-order valence-corrected chi connectivity index (χ4v) is 1.74. The molecule has 5 heteroatoms. The monoisotopic (exact) mass is 284 g/mol. The minimum absolute atomic E-state index is 0.0399. The molecule has 0 radical (unpaired) electrons. The summed E-state index contributed by atoms with van der Waals surface area (Å²) >= 11 is 0. The summed E-state index contributed by atoms with van der Waals surface area (Å²) in [5, 5.41) is 3.16. The molecule has 0 fully saturated rings. The molecule has 0 saturated carbocycles. The maximum Gasteiger partial charge on any atom is 0.389 e. The number of alkyl halides is 3. The lowest BCUT2D eigenvalue weighted by molar-refractivity contribution is -0.134. The molecule has 1 unspecified atom stereocenters. The Morgan fingerprint density at radius 1 is 1.45 bits per heavy atom. The van der Waals surface area contributed by atoms with Crippen molar-refractivity contribution in [2.45, 2.75) is 38.4 Å². The Bertz CT molecular complexity index is 449. The second kappa shape index (κ2) is 7.12. The minimum atomic E-state index is -4.13. The lowest BCUT2D eigenvalue weighted by Gasteiger charge is -2.16. The van der Waals surface area contributed by atoms with Crippen LogP contribution in [0.3, 0.4) is 0 Å². The van der Waals surface area contributed by atoms with E-state index < -0.39 is 12.6 Å². The average Bonchev–Trinajstić information content (AvgIpc) is 2.36. The van der Waals surface area contributed by atoms with Crippen molar-refractivity contribution in [3.8, 4) is 0 Å². The molecule has 1 rings (SSSR count). The van der Waals surface area contributed by atoms with E-state index in [1.807, 2.05) is 6.92 Å². The topological polar surface area (TPSA) is 24.9 Å². The summed E-state index contributed by atoms with van der Waals surface area (Å²) in [6.45, 7) is 9.40. The van der Waals surface area contributed by atoms with Crippen LogP contribution in [0.1, 0.15) is 37.1 Å². The zero-order valence-electron chi connectivity index (χ0n) is 11.5. The summed E-state index contributed by atoms with van der Waals surface area (Å²) in [4.78, 5) is 4.20. The van der Waals surface area contributed by atoms with Crippen LogP contribution in [0.2, 0.25) is 0 Å². The van der Waals surface area contributed by atoms with Gasteiger partial charge in [-0.05, 0) is 25.0 Å². The minimum Gasteiger partial charge on any atom is -0.380 e. The maximum atomic E-state index is 12.1. The molecule has 0 aromatic carbocycles. The number of hydrogen-bond acceptors (Lipinski definition) is 2. The van der Waals surface area contributed by atoms with Crippen molar-refractivity contribution in [2.75, 3.05) is 0 Å². The number of rotatable bonds is 7. The summed E-state index contributed by atoms with van der Waals surface area (Å²) in [5.74, 6) is 0. The van der Waals surface area contributed by atoms with Crippen LogP contribution in [0.25, 0.3) is 0 Å². The van der Waals surface area contributed by atoms with Gasteiger partial charge in [0.2, 0.25) is 0 Å². The highest BCUT2D eigenvalue weighted by Crippen LogP contribution is 2.22. The number of hydrogen-bond donors (Lipinski definition) is 1. The molecule has 2 nitrogen and oxygen atoms in total. The third kappa shape index (κ3) is 5.91. The quantitative estimate of drug-likeness (QED) is 0.754. The van der Waals surface area contributed by atoms with E-state index in [0.717, 1.165) is 11.4 Å². The molecule has 110 valence electrons. The Hall–Kier alpha value is -1.78. The van der Waals surface area contributed by atoms with Crippen LogP contribution in [0.4, 0.5) is 13.2 Å². The molecule has 0 aliphatic heterocycles. The molecule has 1 aromatic rings. The normalized spacial score (nSPS) is 12.8. The maximum absolute atomic E-state index is 12.1. The van der Waals surface area contributed by atoms with Crippen LogP contribution in [0.15, 0.2) is 43.3 Å². The number of nitrogens with one attached hydrogen (secondary N) is 1. The average molecular weight is 284 g/mol. The number of pyridine rings is 1. The van der Waals surface area contributed by atoms with Gasteiger partial charge in [-0.3, -0.25) is 4.98 Å². The Labute approximate surface area is 117 Å². The highest BCUT2D eigenvalue weighted by Gasteiger charge is 2.26. The second-order valence-corrected chi connectivity index (χ2v) is 4.67. The molecule has 20 heavy (non-hydrogen) atoms. The van der Waals surface area contributed by atoms with E-state index in [1.165, 1.54) is 6.20 Å². The first-order chi connectivity index (χ1) is 9.31. The van der Waals surface area contributed by atoms with Gasteiger partial charge in [0.25, 0.3) is 0 Å². The highest BCUT2D eigenvalue weighted by atomic mass is 19.4. The Kier molecular flexibility index (Phi) is 5.80. The first kappa shape index (κ1) is 16.3. The standard InChI is InChI=1S/C15H19F3N2/c1-4-5-11(2)20-12(3)14-7-6-13(10-19-14)8-9-15(16,17)18/h4,6-7,10,12,20H,1-2,5,8-9H2,3H3. The van der Waals surface area contributed by atoms with Gasteiger partial charge in [0, 0.05) is 24.7 Å². The van der Waals surface area contributed by atoms with Gasteiger partial charge >= 0.3 is 6.18 Å². The molecule has 0 amide bonds. The smallest absolute Gasteiger partial charge is 0.380 e. The van der Waals surface area contributed by atoms with Gasteiger partial charge in [0.15, 0.2) is 0 Å². The first-order valence-corrected chi connectivity index (χ1v) is 6.38.